The first kappa shape index (κ1) is 13.0. The van der Waals surface area contributed by atoms with Crippen LogP contribution in [0.2, 0.25) is 4.34 Å². The summed E-state index contributed by atoms with van der Waals surface area (Å²) in [5, 5.41) is 2.71. The van der Waals surface area contributed by atoms with E-state index in [0.29, 0.717) is 4.34 Å². The Labute approximate surface area is 113 Å². The molecule has 2 aromatic rings. The Morgan fingerprint density at radius 3 is 2.89 bits per heavy atom. The number of aromatic nitrogens is 1. The number of hydrogen-bond acceptors (Lipinski definition) is 3. The fourth-order valence-electron chi connectivity index (χ4n) is 1.47. The second-order valence-electron chi connectivity index (χ2n) is 3.69. The number of amides is 1. The van der Waals surface area contributed by atoms with Crippen molar-refractivity contribution < 1.29 is 9.18 Å². The molecule has 0 bridgehead atoms. The van der Waals surface area contributed by atoms with E-state index in [1.165, 1.54) is 23.6 Å². The molecule has 1 amide bonds. The zero-order valence-electron chi connectivity index (χ0n) is 9.48. The molecule has 2 rings (SSSR count). The molecule has 0 fully saturated rings. The van der Waals surface area contributed by atoms with Gasteiger partial charge < -0.3 is 5.32 Å². The van der Waals surface area contributed by atoms with Crippen LogP contribution in [0.4, 0.5) is 4.39 Å². The third kappa shape index (κ3) is 2.86. The summed E-state index contributed by atoms with van der Waals surface area (Å²) in [7, 11) is 0. The van der Waals surface area contributed by atoms with Crippen LogP contribution in [-0.4, -0.2) is 10.9 Å². The summed E-state index contributed by atoms with van der Waals surface area (Å²) >= 11 is 7.20. The third-order valence-electron chi connectivity index (χ3n) is 2.39. The van der Waals surface area contributed by atoms with E-state index in [0.717, 1.165) is 11.1 Å². The number of hydrogen-bond donors (Lipinski definition) is 1. The van der Waals surface area contributed by atoms with Gasteiger partial charge in [-0.05, 0) is 25.1 Å². The number of rotatable bonds is 3. The molecule has 2 heterocycles. The minimum atomic E-state index is -0.633. The Bertz CT molecular complexity index is 573. The predicted molar refractivity (Wildman–Crippen MR) is 69.4 cm³/mol. The standard InChI is InChI=1S/C12H10ClFN2OS/c1-7(10-2-3-11(13)18-10)16-12(17)8-4-5-15-6-9(8)14/h2-7H,1H3,(H,16,17). The van der Waals surface area contributed by atoms with Gasteiger partial charge in [-0.3, -0.25) is 9.78 Å². The molecule has 1 unspecified atom stereocenters. The largest absolute Gasteiger partial charge is 0.345 e. The van der Waals surface area contributed by atoms with Gasteiger partial charge in [0.05, 0.1) is 22.1 Å². The van der Waals surface area contributed by atoms with Crippen molar-refractivity contribution in [1.29, 1.82) is 0 Å². The molecule has 0 spiro atoms. The van der Waals surface area contributed by atoms with Gasteiger partial charge in [0.2, 0.25) is 0 Å². The molecule has 0 aliphatic rings. The zero-order chi connectivity index (χ0) is 13.1. The van der Waals surface area contributed by atoms with E-state index < -0.39 is 11.7 Å². The third-order valence-corrected chi connectivity index (χ3v) is 3.80. The molecule has 0 aliphatic carbocycles. The highest BCUT2D eigenvalue weighted by atomic mass is 35.5. The van der Waals surface area contributed by atoms with E-state index in [2.05, 4.69) is 10.3 Å². The number of halogens is 2. The van der Waals surface area contributed by atoms with Crippen LogP contribution < -0.4 is 5.32 Å². The summed E-state index contributed by atoms with van der Waals surface area (Å²) in [6.07, 6.45) is 2.40. The number of carbonyl (C=O) groups excluding carboxylic acids is 1. The topological polar surface area (TPSA) is 42.0 Å². The summed E-state index contributed by atoms with van der Waals surface area (Å²) < 4.78 is 14.0. The fraction of sp³-hybridized carbons (Fsp3) is 0.167. The predicted octanol–water partition coefficient (Wildman–Crippen LogP) is 3.43. The van der Waals surface area contributed by atoms with Crippen LogP contribution in [0, 0.1) is 5.82 Å². The van der Waals surface area contributed by atoms with Crippen LogP contribution in [0.1, 0.15) is 28.2 Å². The van der Waals surface area contributed by atoms with Crippen molar-refractivity contribution in [3.05, 3.63) is 51.2 Å². The van der Waals surface area contributed by atoms with Crippen LogP contribution in [0.5, 0.6) is 0 Å². The van der Waals surface area contributed by atoms with Crippen molar-refractivity contribution in [3.63, 3.8) is 0 Å². The lowest BCUT2D eigenvalue weighted by Crippen LogP contribution is -2.27. The highest BCUT2D eigenvalue weighted by molar-refractivity contribution is 7.16. The van der Waals surface area contributed by atoms with Crippen molar-refractivity contribution in [2.45, 2.75) is 13.0 Å². The minimum absolute atomic E-state index is 0.0143. The molecule has 1 N–H and O–H groups in total. The number of pyridine rings is 1. The van der Waals surface area contributed by atoms with Crippen LogP contribution in [0.3, 0.4) is 0 Å². The van der Waals surface area contributed by atoms with E-state index in [4.69, 9.17) is 11.6 Å². The molecule has 2 aromatic heterocycles. The maximum atomic E-state index is 13.4. The first-order valence-corrected chi connectivity index (χ1v) is 6.43. The van der Waals surface area contributed by atoms with Crippen molar-refractivity contribution in [2.24, 2.45) is 0 Å². The van der Waals surface area contributed by atoms with Gasteiger partial charge in [0.25, 0.3) is 5.91 Å². The molecule has 0 aliphatic heterocycles. The molecule has 0 saturated carbocycles. The van der Waals surface area contributed by atoms with Crippen molar-refractivity contribution in [3.8, 4) is 0 Å². The zero-order valence-corrected chi connectivity index (χ0v) is 11.1. The molecule has 18 heavy (non-hydrogen) atoms. The first-order chi connectivity index (χ1) is 8.58. The van der Waals surface area contributed by atoms with E-state index in [1.807, 2.05) is 13.0 Å². The van der Waals surface area contributed by atoms with Gasteiger partial charge in [0.1, 0.15) is 0 Å². The van der Waals surface area contributed by atoms with E-state index in [1.54, 1.807) is 6.07 Å². The van der Waals surface area contributed by atoms with Crippen molar-refractivity contribution >= 4 is 28.8 Å². The summed E-state index contributed by atoms with van der Waals surface area (Å²) in [5.41, 5.74) is -0.0143. The van der Waals surface area contributed by atoms with Gasteiger partial charge >= 0.3 is 0 Å². The number of nitrogens with one attached hydrogen (secondary N) is 1. The van der Waals surface area contributed by atoms with Gasteiger partial charge in [-0.2, -0.15) is 0 Å². The maximum Gasteiger partial charge on any atom is 0.254 e. The lowest BCUT2D eigenvalue weighted by atomic mass is 10.2. The van der Waals surface area contributed by atoms with Gasteiger partial charge in [0.15, 0.2) is 5.82 Å². The van der Waals surface area contributed by atoms with E-state index in [9.17, 15) is 9.18 Å². The molecule has 0 radical (unpaired) electrons. The average molecular weight is 285 g/mol. The van der Waals surface area contributed by atoms with Gasteiger partial charge in [-0.1, -0.05) is 11.6 Å². The van der Waals surface area contributed by atoms with Crippen molar-refractivity contribution in [1.82, 2.24) is 10.3 Å². The highest BCUT2D eigenvalue weighted by Gasteiger charge is 2.15. The monoisotopic (exact) mass is 284 g/mol. The lowest BCUT2D eigenvalue weighted by molar-refractivity contribution is 0.0936. The minimum Gasteiger partial charge on any atom is -0.345 e. The number of carbonyl (C=O) groups is 1. The average Bonchev–Trinajstić information content (AvgIpc) is 2.76. The fourth-order valence-corrected chi connectivity index (χ4v) is 2.53. The van der Waals surface area contributed by atoms with Crippen molar-refractivity contribution in [2.75, 3.05) is 0 Å². The Kier molecular flexibility index (Phi) is 3.93. The Morgan fingerprint density at radius 1 is 1.50 bits per heavy atom. The molecular weight excluding hydrogens is 275 g/mol. The molecule has 0 saturated heterocycles. The van der Waals surface area contributed by atoms with E-state index in [-0.39, 0.29) is 11.6 Å². The van der Waals surface area contributed by atoms with Crippen LogP contribution in [-0.2, 0) is 0 Å². The molecule has 0 aromatic carbocycles. The number of nitrogens with zero attached hydrogens (tertiary/aromatic N) is 1. The van der Waals surface area contributed by atoms with Gasteiger partial charge in [0, 0.05) is 11.1 Å². The van der Waals surface area contributed by atoms with E-state index >= 15 is 0 Å². The first-order valence-electron chi connectivity index (χ1n) is 5.23. The molecule has 3 nitrogen and oxygen atoms in total. The Morgan fingerprint density at radius 2 is 2.28 bits per heavy atom. The second kappa shape index (κ2) is 5.46. The van der Waals surface area contributed by atoms with Crippen LogP contribution >= 0.6 is 22.9 Å². The summed E-state index contributed by atoms with van der Waals surface area (Å²) in [6, 6.07) is 4.72. The summed E-state index contributed by atoms with van der Waals surface area (Å²) in [5.74, 6) is -1.10. The second-order valence-corrected chi connectivity index (χ2v) is 5.44. The van der Waals surface area contributed by atoms with Gasteiger partial charge in [-0.25, -0.2) is 4.39 Å². The van der Waals surface area contributed by atoms with Crippen LogP contribution in [0.15, 0.2) is 30.6 Å². The summed E-state index contributed by atoms with van der Waals surface area (Å²) in [4.78, 5) is 16.4. The SMILES string of the molecule is CC(NC(=O)c1ccncc1F)c1ccc(Cl)s1. The molecular formula is C12H10ClFN2OS. The summed E-state index contributed by atoms with van der Waals surface area (Å²) in [6.45, 7) is 1.82. The number of thiophene rings is 1. The lowest BCUT2D eigenvalue weighted by Gasteiger charge is -2.12. The smallest absolute Gasteiger partial charge is 0.254 e. The quantitative estimate of drug-likeness (QED) is 0.938. The maximum absolute atomic E-state index is 13.4. The molecule has 6 heteroatoms. The molecule has 94 valence electrons. The highest BCUT2D eigenvalue weighted by Crippen LogP contribution is 2.26. The van der Waals surface area contributed by atoms with Crippen LogP contribution in [0.25, 0.3) is 0 Å². The van der Waals surface area contributed by atoms with Gasteiger partial charge in [-0.15, -0.1) is 11.3 Å². The Hall–Kier alpha value is -1.46. The molecule has 1 atom stereocenters. The normalized spacial score (nSPS) is 12.2. The Balaban J connectivity index is 2.10.